The van der Waals surface area contributed by atoms with E-state index in [0.717, 1.165) is 18.5 Å². The van der Waals surface area contributed by atoms with Gasteiger partial charge < -0.3 is 5.32 Å². The minimum atomic E-state index is -4.01. The lowest BCUT2D eigenvalue weighted by Crippen LogP contribution is -2.39. The number of rotatable bonds is 5. The highest BCUT2D eigenvalue weighted by Gasteiger charge is 2.28. The first-order chi connectivity index (χ1) is 12.3. The zero-order valence-electron chi connectivity index (χ0n) is 15.1. The van der Waals surface area contributed by atoms with Crippen molar-refractivity contribution in [3.05, 3.63) is 68.8 Å². The van der Waals surface area contributed by atoms with Crippen LogP contribution in [-0.2, 0) is 16.4 Å². The maximum Gasteiger partial charge on any atom is 0.289 e. The van der Waals surface area contributed by atoms with Crippen LogP contribution in [0.4, 0.5) is 5.69 Å². The molecule has 0 fully saturated rings. The number of halogens is 1. The van der Waals surface area contributed by atoms with Crippen LogP contribution in [0.15, 0.2) is 41.3 Å². The second-order valence-electron chi connectivity index (χ2n) is 6.47. The summed E-state index contributed by atoms with van der Waals surface area (Å²) in [6.07, 6.45) is 0.891. The molecule has 0 saturated carbocycles. The molecule has 9 heteroatoms. The molecule has 146 valence electrons. The van der Waals surface area contributed by atoms with Crippen molar-refractivity contribution in [3.63, 3.8) is 0 Å². The van der Waals surface area contributed by atoms with Gasteiger partial charge in [-0.2, -0.15) is 0 Å². The van der Waals surface area contributed by atoms with Crippen LogP contribution in [-0.4, -0.2) is 26.4 Å². The van der Waals surface area contributed by atoms with Crippen LogP contribution in [0.2, 0.25) is 0 Å². The van der Waals surface area contributed by atoms with Gasteiger partial charge in [0, 0.05) is 18.7 Å². The number of benzene rings is 2. The zero-order chi connectivity index (χ0) is 18.9. The SMILES string of the molecule is Cc1cc([N+](=O)[O-])c(S(=O)(=O)NCC2NCCc3ccccc32)cc1C.Cl. The minimum absolute atomic E-state index is 0. The number of fused-ring (bicyclic) bond motifs is 1. The fourth-order valence-corrected chi connectivity index (χ4v) is 4.46. The molecule has 0 spiro atoms. The van der Waals surface area contributed by atoms with E-state index in [1.165, 1.54) is 17.7 Å². The monoisotopic (exact) mass is 411 g/mol. The van der Waals surface area contributed by atoms with E-state index in [-0.39, 0.29) is 29.9 Å². The predicted octanol–water partition coefficient (Wildman–Crippen LogP) is 2.80. The molecular weight excluding hydrogens is 390 g/mol. The Morgan fingerprint density at radius 2 is 1.89 bits per heavy atom. The van der Waals surface area contributed by atoms with Crippen molar-refractivity contribution < 1.29 is 13.3 Å². The highest BCUT2D eigenvalue weighted by atomic mass is 35.5. The lowest BCUT2D eigenvalue weighted by molar-refractivity contribution is -0.387. The van der Waals surface area contributed by atoms with Crippen molar-refractivity contribution in [1.29, 1.82) is 0 Å². The number of aryl methyl sites for hydroxylation is 2. The highest BCUT2D eigenvalue weighted by molar-refractivity contribution is 7.89. The second-order valence-corrected chi connectivity index (χ2v) is 8.20. The average Bonchev–Trinajstić information content (AvgIpc) is 2.61. The Morgan fingerprint density at radius 1 is 1.22 bits per heavy atom. The number of nitrogens with one attached hydrogen (secondary N) is 2. The lowest BCUT2D eigenvalue weighted by Gasteiger charge is -2.27. The van der Waals surface area contributed by atoms with Gasteiger partial charge in [0.05, 0.1) is 4.92 Å². The number of nitro benzene ring substituents is 1. The van der Waals surface area contributed by atoms with Gasteiger partial charge in [0.2, 0.25) is 10.0 Å². The fraction of sp³-hybridized carbons (Fsp3) is 0.333. The summed E-state index contributed by atoms with van der Waals surface area (Å²) in [5.74, 6) is 0. The summed E-state index contributed by atoms with van der Waals surface area (Å²) in [5.41, 5.74) is 3.21. The van der Waals surface area contributed by atoms with E-state index in [9.17, 15) is 18.5 Å². The van der Waals surface area contributed by atoms with Crippen molar-refractivity contribution >= 4 is 28.1 Å². The Bertz CT molecular complexity index is 963. The molecule has 0 saturated heterocycles. The summed E-state index contributed by atoms with van der Waals surface area (Å²) in [5, 5.41) is 14.6. The summed E-state index contributed by atoms with van der Waals surface area (Å²) in [7, 11) is -4.01. The summed E-state index contributed by atoms with van der Waals surface area (Å²) < 4.78 is 28.0. The number of nitro groups is 1. The van der Waals surface area contributed by atoms with Crippen LogP contribution < -0.4 is 10.0 Å². The van der Waals surface area contributed by atoms with Gasteiger partial charge in [-0.15, -0.1) is 12.4 Å². The van der Waals surface area contributed by atoms with E-state index >= 15 is 0 Å². The molecule has 2 N–H and O–H groups in total. The van der Waals surface area contributed by atoms with Crippen molar-refractivity contribution in [2.24, 2.45) is 0 Å². The number of hydrogen-bond acceptors (Lipinski definition) is 5. The Kier molecular flexibility index (Phi) is 6.59. The molecule has 0 radical (unpaired) electrons. The molecule has 1 atom stereocenters. The van der Waals surface area contributed by atoms with Gasteiger partial charge in [-0.25, -0.2) is 13.1 Å². The smallest absolute Gasteiger partial charge is 0.289 e. The quantitative estimate of drug-likeness (QED) is 0.581. The Labute approximate surface area is 164 Å². The van der Waals surface area contributed by atoms with Gasteiger partial charge in [0.15, 0.2) is 4.90 Å². The van der Waals surface area contributed by atoms with Crippen LogP contribution in [0.1, 0.15) is 28.3 Å². The lowest BCUT2D eigenvalue weighted by atomic mass is 9.95. The van der Waals surface area contributed by atoms with Crippen molar-refractivity contribution in [1.82, 2.24) is 10.0 Å². The van der Waals surface area contributed by atoms with E-state index in [0.29, 0.717) is 11.1 Å². The number of nitrogens with zero attached hydrogens (tertiary/aromatic N) is 1. The van der Waals surface area contributed by atoms with Crippen LogP contribution in [0.3, 0.4) is 0 Å². The molecule has 0 aliphatic carbocycles. The van der Waals surface area contributed by atoms with E-state index in [1.807, 2.05) is 24.3 Å². The van der Waals surface area contributed by atoms with E-state index in [4.69, 9.17) is 0 Å². The third-order valence-electron chi connectivity index (χ3n) is 4.75. The predicted molar refractivity (Wildman–Crippen MR) is 106 cm³/mol. The zero-order valence-corrected chi connectivity index (χ0v) is 16.7. The first-order valence-electron chi connectivity index (χ1n) is 8.36. The Morgan fingerprint density at radius 3 is 2.59 bits per heavy atom. The van der Waals surface area contributed by atoms with E-state index in [2.05, 4.69) is 10.0 Å². The molecule has 27 heavy (non-hydrogen) atoms. The number of hydrogen-bond donors (Lipinski definition) is 2. The molecule has 2 aromatic rings. The first-order valence-corrected chi connectivity index (χ1v) is 9.84. The maximum absolute atomic E-state index is 12.7. The molecule has 1 aliphatic heterocycles. The molecule has 0 aromatic heterocycles. The van der Waals surface area contributed by atoms with Gasteiger partial charge in [-0.1, -0.05) is 24.3 Å². The second kappa shape index (κ2) is 8.35. The highest BCUT2D eigenvalue weighted by Crippen LogP contribution is 2.28. The molecule has 1 heterocycles. The van der Waals surface area contributed by atoms with Gasteiger partial charge in [0.1, 0.15) is 0 Å². The third-order valence-corrected chi connectivity index (χ3v) is 6.21. The molecule has 0 amide bonds. The molecule has 1 unspecified atom stereocenters. The van der Waals surface area contributed by atoms with Crippen LogP contribution >= 0.6 is 12.4 Å². The topological polar surface area (TPSA) is 101 Å². The molecule has 2 aromatic carbocycles. The summed E-state index contributed by atoms with van der Waals surface area (Å²) in [6, 6.07) is 10.4. The average molecular weight is 412 g/mol. The van der Waals surface area contributed by atoms with Gasteiger partial charge >= 0.3 is 0 Å². The maximum atomic E-state index is 12.7. The Balaban J connectivity index is 0.00000261. The summed E-state index contributed by atoms with van der Waals surface area (Å²) >= 11 is 0. The van der Waals surface area contributed by atoms with Crippen molar-refractivity contribution in [2.45, 2.75) is 31.2 Å². The number of sulfonamides is 1. The molecular formula is C18H22ClN3O4S. The van der Waals surface area contributed by atoms with E-state index < -0.39 is 20.6 Å². The standard InChI is InChI=1S/C18H21N3O4S.ClH/c1-12-9-17(21(22)23)18(10-13(12)2)26(24,25)20-11-16-15-6-4-3-5-14(15)7-8-19-16;/h3-6,9-10,16,19-20H,7-8,11H2,1-2H3;1H. The molecule has 3 rings (SSSR count). The van der Waals surface area contributed by atoms with Crippen molar-refractivity contribution in [3.8, 4) is 0 Å². The van der Waals surface area contributed by atoms with Crippen LogP contribution in [0.5, 0.6) is 0 Å². The van der Waals surface area contributed by atoms with Crippen LogP contribution in [0.25, 0.3) is 0 Å². The molecule has 0 bridgehead atoms. The Hall–Kier alpha value is -2.00. The van der Waals surface area contributed by atoms with Gasteiger partial charge in [-0.05, 0) is 55.1 Å². The summed E-state index contributed by atoms with van der Waals surface area (Å²) in [6.45, 7) is 4.34. The van der Waals surface area contributed by atoms with Gasteiger partial charge in [0.25, 0.3) is 5.69 Å². The molecule has 1 aliphatic rings. The van der Waals surface area contributed by atoms with Gasteiger partial charge in [-0.3, -0.25) is 10.1 Å². The first kappa shape index (κ1) is 21.3. The third kappa shape index (κ3) is 4.47. The minimum Gasteiger partial charge on any atom is -0.308 e. The summed E-state index contributed by atoms with van der Waals surface area (Å²) in [4.78, 5) is 10.3. The largest absolute Gasteiger partial charge is 0.308 e. The van der Waals surface area contributed by atoms with E-state index in [1.54, 1.807) is 13.8 Å². The fourth-order valence-electron chi connectivity index (χ4n) is 3.18. The normalized spacial score (nSPS) is 16.3. The van der Waals surface area contributed by atoms with Crippen molar-refractivity contribution in [2.75, 3.05) is 13.1 Å². The molecule has 7 nitrogen and oxygen atoms in total. The van der Waals surface area contributed by atoms with Crippen LogP contribution in [0, 0.1) is 24.0 Å².